The van der Waals surface area contributed by atoms with E-state index in [4.69, 9.17) is 0 Å². The van der Waals surface area contributed by atoms with Crippen molar-refractivity contribution in [1.82, 2.24) is 0 Å². The van der Waals surface area contributed by atoms with Gasteiger partial charge in [-0.2, -0.15) is 0 Å². The minimum absolute atomic E-state index is 0. The molecule has 0 spiro atoms. The van der Waals surface area contributed by atoms with E-state index in [1.807, 2.05) is 0 Å². The van der Waals surface area contributed by atoms with Gasteiger partial charge in [-0.05, 0) is 6.92 Å². The monoisotopic (exact) mass is 206 g/mol. The average molecular weight is 206 g/mol. The summed E-state index contributed by atoms with van der Waals surface area (Å²) in [5, 5.41) is -1.61. The molecule has 0 rings (SSSR count). The number of methoxy groups -OCH3 is 1. The van der Waals surface area contributed by atoms with Crippen molar-refractivity contribution in [2.45, 2.75) is 12.2 Å². The molecule has 11 heavy (non-hydrogen) atoms. The van der Waals surface area contributed by atoms with Crippen molar-refractivity contribution in [3.05, 3.63) is 0 Å². The van der Waals surface area contributed by atoms with E-state index in [1.165, 1.54) is 0 Å². The molecule has 1 unspecified atom stereocenters. The minimum Gasteiger partial charge on any atom is -0.747 e. The van der Waals surface area contributed by atoms with Gasteiger partial charge in [0, 0.05) is 0 Å². The fourth-order valence-electron chi connectivity index (χ4n) is 0.284. The van der Waals surface area contributed by atoms with E-state index in [1.54, 1.807) is 0 Å². The zero-order chi connectivity index (χ0) is 8.36. The summed E-state index contributed by atoms with van der Waals surface area (Å²) in [6, 6.07) is 0. The van der Waals surface area contributed by atoms with Gasteiger partial charge in [-0.1, -0.05) is 0 Å². The van der Waals surface area contributed by atoms with Crippen LogP contribution in [-0.2, 0) is 19.6 Å². The molecular weight excluding hydrogens is 199 g/mol. The number of hydrogen-bond acceptors (Lipinski definition) is 5. The van der Waals surface area contributed by atoms with Crippen LogP contribution in [0.4, 0.5) is 0 Å². The molecule has 0 radical (unpaired) electrons. The maximum absolute atomic E-state index is 10.4. The number of hydrogen-bond donors (Lipinski definition) is 0. The summed E-state index contributed by atoms with van der Waals surface area (Å²) in [6.07, 6.45) is 0. The summed E-state index contributed by atoms with van der Waals surface area (Å²) in [5.41, 5.74) is 0. The summed E-state index contributed by atoms with van der Waals surface area (Å²) in [7, 11) is -3.52. The van der Waals surface area contributed by atoms with Gasteiger partial charge in [-0.3, -0.25) is 4.79 Å². The maximum atomic E-state index is 10.4. The van der Waals surface area contributed by atoms with E-state index >= 15 is 0 Å². The van der Waals surface area contributed by atoms with Crippen LogP contribution in [0.15, 0.2) is 0 Å². The zero-order valence-corrected chi connectivity index (χ0v) is 10.5. The molecule has 0 fully saturated rings. The molecule has 0 aliphatic carbocycles. The van der Waals surface area contributed by atoms with Crippen molar-refractivity contribution in [2.24, 2.45) is 0 Å². The van der Waals surface area contributed by atoms with E-state index in [0.29, 0.717) is 0 Å². The van der Waals surface area contributed by atoms with Gasteiger partial charge in [-0.25, -0.2) is 8.42 Å². The number of carbonyl (C=O) groups is 1. The van der Waals surface area contributed by atoms with Crippen molar-refractivity contribution >= 4 is 16.1 Å². The topological polar surface area (TPSA) is 83.5 Å². The fraction of sp³-hybridized carbons (Fsp3) is 0.750. The Morgan fingerprint density at radius 3 is 2.00 bits per heavy atom. The molecule has 60 valence electrons. The van der Waals surface area contributed by atoms with Gasteiger partial charge in [0.2, 0.25) is 0 Å². The van der Waals surface area contributed by atoms with Crippen LogP contribution in [0.25, 0.3) is 0 Å². The number of carbonyl (C=O) groups excluding carboxylic acids is 1. The first kappa shape index (κ1) is 14.5. The quantitative estimate of drug-likeness (QED) is 0.262. The first-order chi connectivity index (χ1) is 4.39. The molecule has 0 N–H and O–H groups in total. The van der Waals surface area contributed by atoms with Gasteiger partial charge >= 0.3 is 57.4 Å². The molecule has 0 aliphatic heterocycles. The van der Waals surface area contributed by atoms with E-state index in [9.17, 15) is 17.8 Å². The molecule has 0 aromatic carbocycles. The van der Waals surface area contributed by atoms with E-state index < -0.39 is 21.3 Å². The summed E-state index contributed by atoms with van der Waals surface area (Å²) in [4.78, 5) is 10.4. The van der Waals surface area contributed by atoms with Crippen LogP contribution in [0.2, 0.25) is 0 Å². The normalized spacial score (nSPS) is 13.0. The largest absolute Gasteiger partial charge is 1.00 e. The van der Waals surface area contributed by atoms with Gasteiger partial charge in [0.05, 0.1) is 7.11 Å². The summed E-state index contributed by atoms with van der Waals surface area (Å²) in [6.45, 7) is 0.980. The van der Waals surface area contributed by atoms with Crippen LogP contribution in [0.3, 0.4) is 0 Å². The van der Waals surface area contributed by atoms with Gasteiger partial charge in [-0.15, -0.1) is 0 Å². The molecule has 0 amide bonds. The van der Waals surface area contributed by atoms with Crippen LogP contribution in [0.1, 0.15) is 6.92 Å². The molecule has 0 bridgehead atoms. The van der Waals surface area contributed by atoms with E-state index in [0.717, 1.165) is 14.0 Å². The zero-order valence-electron chi connectivity index (χ0n) is 6.53. The van der Waals surface area contributed by atoms with Crippen molar-refractivity contribution in [3.63, 3.8) is 0 Å². The Balaban J connectivity index is 0. The third-order valence-corrected chi connectivity index (χ3v) is 2.02. The smallest absolute Gasteiger partial charge is 0.747 e. The minimum atomic E-state index is -4.54. The van der Waals surface area contributed by atoms with Crippen LogP contribution >= 0.6 is 0 Å². The van der Waals surface area contributed by atoms with Crippen molar-refractivity contribution in [3.8, 4) is 0 Å². The van der Waals surface area contributed by atoms with Crippen molar-refractivity contribution in [2.75, 3.05) is 7.11 Å². The van der Waals surface area contributed by atoms with Gasteiger partial charge in [0.15, 0.2) is 0 Å². The van der Waals surface area contributed by atoms with Crippen LogP contribution < -0.4 is 51.4 Å². The van der Waals surface area contributed by atoms with Gasteiger partial charge in [0.1, 0.15) is 15.4 Å². The van der Waals surface area contributed by atoms with Crippen molar-refractivity contribution in [1.29, 1.82) is 0 Å². The maximum Gasteiger partial charge on any atom is 1.00 e. The molecule has 0 aromatic heterocycles. The van der Waals surface area contributed by atoms with Crippen LogP contribution in [0.5, 0.6) is 0 Å². The average Bonchev–Trinajstić information content (AvgIpc) is 1.83. The SMILES string of the molecule is COC(=O)C(C)S(=O)(=O)[O-].[K+]. The second kappa shape index (κ2) is 5.63. The molecule has 5 nitrogen and oxygen atoms in total. The molecule has 0 saturated heterocycles. The Kier molecular flexibility index (Phi) is 7.43. The molecule has 0 aromatic rings. The summed E-state index contributed by atoms with van der Waals surface area (Å²) >= 11 is 0. The van der Waals surface area contributed by atoms with E-state index in [-0.39, 0.29) is 51.4 Å². The van der Waals surface area contributed by atoms with Crippen molar-refractivity contribution < 1.29 is 73.9 Å². The second-order valence-corrected chi connectivity index (χ2v) is 3.35. The molecule has 1 atom stereocenters. The van der Waals surface area contributed by atoms with Gasteiger partial charge < -0.3 is 9.29 Å². The molecular formula is C4H7KO5S. The Morgan fingerprint density at radius 1 is 1.55 bits per heavy atom. The van der Waals surface area contributed by atoms with Crippen LogP contribution in [0, 0.1) is 0 Å². The predicted octanol–water partition coefficient (Wildman–Crippen LogP) is -3.90. The third-order valence-electron chi connectivity index (χ3n) is 0.966. The Morgan fingerprint density at radius 2 is 1.91 bits per heavy atom. The second-order valence-electron chi connectivity index (χ2n) is 1.66. The van der Waals surface area contributed by atoms with E-state index in [2.05, 4.69) is 4.74 Å². The third kappa shape index (κ3) is 5.29. The number of rotatable bonds is 2. The standard InChI is InChI=1S/C4H8O5S.K/c1-3(4(5)9-2)10(6,7)8;/h3H,1-2H3,(H,6,7,8);/q;+1/p-1. The Bertz CT molecular complexity index is 221. The summed E-state index contributed by atoms with van der Waals surface area (Å²) < 4.78 is 34.2. The van der Waals surface area contributed by atoms with Gasteiger partial charge in [0.25, 0.3) is 0 Å². The fourth-order valence-corrected chi connectivity index (χ4v) is 0.616. The molecule has 0 heterocycles. The molecule has 0 aliphatic rings. The van der Waals surface area contributed by atoms with Crippen LogP contribution in [-0.4, -0.2) is 31.3 Å². The first-order valence-electron chi connectivity index (χ1n) is 2.42. The predicted molar refractivity (Wildman–Crippen MR) is 31.2 cm³/mol. The Hall–Kier alpha value is 1.02. The first-order valence-corrected chi connectivity index (χ1v) is 3.89. The number of esters is 1. The summed E-state index contributed by atoms with van der Waals surface area (Å²) in [5.74, 6) is -1.03. The number of ether oxygens (including phenoxy) is 1. The molecule has 0 saturated carbocycles. The molecule has 7 heteroatoms. The Labute approximate surface area is 108 Å².